The van der Waals surface area contributed by atoms with Crippen LogP contribution in [0.1, 0.15) is 44.9 Å². The van der Waals surface area contributed by atoms with Gasteiger partial charge in [-0.25, -0.2) is 8.42 Å². The highest BCUT2D eigenvalue weighted by Crippen LogP contribution is 2.27. The van der Waals surface area contributed by atoms with Crippen LogP contribution in [0.15, 0.2) is 0 Å². The van der Waals surface area contributed by atoms with Gasteiger partial charge in [-0.1, -0.05) is 19.3 Å². The molecule has 158 valence electrons. The molecule has 10 heteroatoms. The van der Waals surface area contributed by atoms with E-state index in [2.05, 4.69) is 10.6 Å². The van der Waals surface area contributed by atoms with Crippen LogP contribution in [0.5, 0.6) is 0 Å². The molecule has 3 fully saturated rings. The van der Waals surface area contributed by atoms with Gasteiger partial charge >= 0.3 is 0 Å². The van der Waals surface area contributed by atoms with Gasteiger partial charge in [-0.3, -0.25) is 14.4 Å². The zero-order valence-corrected chi connectivity index (χ0v) is 17.2. The van der Waals surface area contributed by atoms with E-state index in [1.807, 2.05) is 0 Å². The van der Waals surface area contributed by atoms with Gasteiger partial charge in [0.1, 0.15) is 12.1 Å². The summed E-state index contributed by atoms with van der Waals surface area (Å²) in [6.45, 7) is 0.985. The van der Waals surface area contributed by atoms with Gasteiger partial charge in [-0.2, -0.15) is 4.31 Å². The van der Waals surface area contributed by atoms with Gasteiger partial charge in [0, 0.05) is 32.1 Å². The Morgan fingerprint density at radius 3 is 2.43 bits per heavy atom. The lowest BCUT2D eigenvalue weighted by molar-refractivity contribution is -0.141. The van der Waals surface area contributed by atoms with Crippen LogP contribution in [-0.2, 0) is 24.4 Å². The van der Waals surface area contributed by atoms with Crippen molar-refractivity contribution in [1.82, 2.24) is 19.8 Å². The molecule has 1 aliphatic carbocycles. The van der Waals surface area contributed by atoms with Gasteiger partial charge in [0.15, 0.2) is 0 Å². The first-order chi connectivity index (χ1) is 13.3. The molecule has 0 radical (unpaired) electrons. The monoisotopic (exact) mass is 414 g/mol. The number of piperidine rings is 1. The molecule has 2 heterocycles. The summed E-state index contributed by atoms with van der Waals surface area (Å²) in [7, 11) is -3.61. The smallest absolute Gasteiger partial charge is 0.242 e. The van der Waals surface area contributed by atoms with Crippen molar-refractivity contribution in [1.29, 1.82) is 0 Å². The van der Waals surface area contributed by atoms with E-state index in [1.165, 1.54) is 0 Å². The van der Waals surface area contributed by atoms with Gasteiger partial charge in [-0.05, 0) is 25.7 Å². The molecular weight excluding hydrogens is 384 g/mol. The predicted molar refractivity (Wildman–Crippen MR) is 103 cm³/mol. The zero-order chi connectivity index (χ0) is 20.3. The molecule has 9 nitrogen and oxygen atoms in total. The highest BCUT2D eigenvalue weighted by molar-refractivity contribution is 7.88. The number of rotatable bonds is 4. The van der Waals surface area contributed by atoms with Crippen molar-refractivity contribution in [3.8, 4) is 0 Å². The Morgan fingerprint density at radius 1 is 1.07 bits per heavy atom. The van der Waals surface area contributed by atoms with Crippen LogP contribution in [0.25, 0.3) is 0 Å². The van der Waals surface area contributed by atoms with Crippen LogP contribution in [-0.4, -0.2) is 79.9 Å². The summed E-state index contributed by atoms with van der Waals surface area (Å²) in [4.78, 5) is 39.3. The molecule has 0 bridgehead atoms. The molecule has 28 heavy (non-hydrogen) atoms. The second-order valence-electron chi connectivity index (χ2n) is 8.00. The predicted octanol–water partition coefficient (Wildman–Crippen LogP) is -0.566. The Hall–Kier alpha value is -1.68. The number of amides is 3. The van der Waals surface area contributed by atoms with E-state index in [0.29, 0.717) is 13.0 Å². The summed E-state index contributed by atoms with van der Waals surface area (Å²) in [5.74, 6) is -0.794. The second-order valence-corrected chi connectivity index (χ2v) is 9.94. The van der Waals surface area contributed by atoms with Crippen molar-refractivity contribution >= 4 is 27.7 Å². The Balaban J connectivity index is 1.72. The maximum atomic E-state index is 12.9. The van der Waals surface area contributed by atoms with Gasteiger partial charge in [0.25, 0.3) is 0 Å². The van der Waals surface area contributed by atoms with Crippen LogP contribution < -0.4 is 10.6 Å². The van der Waals surface area contributed by atoms with Crippen molar-refractivity contribution in [2.24, 2.45) is 5.92 Å². The van der Waals surface area contributed by atoms with E-state index < -0.39 is 28.0 Å². The summed E-state index contributed by atoms with van der Waals surface area (Å²) < 4.78 is 25.5. The molecule has 1 saturated carbocycles. The number of sulfonamides is 1. The number of nitrogens with one attached hydrogen (secondary N) is 2. The van der Waals surface area contributed by atoms with Crippen LogP contribution >= 0.6 is 0 Å². The molecule has 0 aromatic rings. The lowest BCUT2D eigenvalue weighted by atomic mass is 9.88. The minimum Gasteiger partial charge on any atom is -0.354 e. The molecule has 3 aliphatic rings. The van der Waals surface area contributed by atoms with Gasteiger partial charge < -0.3 is 15.5 Å². The molecule has 2 N–H and O–H groups in total. The Bertz CT molecular complexity index is 719. The second kappa shape index (κ2) is 8.77. The molecule has 0 unspecified atom stereocenters. The van der Waals surface area contributed by atoms with Crippen molar-refractivity contribution in [3.63, 3.8) is 0 Å². The maximum Gasteiger partial charge on any atom is 0.242 e. The summed E-state index contributed by atoms with van der Waals surface area (Å²) in [5, 5.41) is 5.39. The van der Waals surface area contributed by atoms with Crippen molar-refractivity contribution in [2.45, 2.75) is 57.0 Å². The number of piperazine rings is 1. The van der Waals surface area contributed by atoms with Crippen molar-refractivity contribution in [3.05, 3.63) is 0 Å². The average Bonchev–Trinajstić information content (AvgIpc) is 2.68. The van der Waals surface area contributed by atoms with E-state index in [9.17, 15) is 22.8 Å². The fourth-order valence-corrected chi connectivity index (χ4v) is 5.40. The third-order valence-corrected chi connectivity index (χ3v) is 7.22. The Kier molecular flexibility index (Phi) is 6.59. The van der Waals surface area contributed by atoms with Gasteiger partial charge in [0.2, 0.25) is 27.7 Å². The standard InChI is InChI=1S/C18H30N4O5S/c1-28(26,27)22-11-10-21(18(25)13-6-3-2-4-7-13)12-15(22)17(24)20-14-8-5-9-19-16(14)23/h13-15H,2-12H2,1H3,(H,19,23)(H,20,24)/t14-,15-/m0/s1. The molecular formula is C18H30N4O5S. The molecule has 0 spiro atoms. The molecule has 2 saturated heterocycles. The fourth-order valence-electron chi connectivity index (χ4n) is 4.36. The Labute approximate surface area is 166 Å². The summed E-state index contributed by atoms with van der Waals surface area (Å²) >= 11 is 0. The summed E-state index contributed by atoms with van der Waals surface area (Å²) in [5.41, 5.74) is 0. The zero-order valence-electron chi connectivity index (χ0n) is 16.4. The number of hydrogen-bond acceptors (Lipinski definition) is 5. The number of carbonyl (C=O) groups excluding carboxylic acids is 3. The SMILES string of the molecule is CS(=O)(=O)N1CCN(C(=O)C2CCCCC2)C[C@H]1C(=O)N[C@H]1CCCNC1=O. The number of nitrogens with zero attached hydrogens (tertiary/aromatic N) is 2. The van der Waals surface area contributed by atoms with Gasteiger partial charge in [-0.15, -0.1) is 0 Å². The third-order valence-electron chi connectivity index (χ3n) is 5.93. The number of hydrogen-bond donors (Lipinski definition) is 2. The fraction of sp³-hybridized carbons (Fsp3) is 0.833. The van der Waals surface area contributed by atoms with Gasteiger partial charge in [0.05, 0.1) is 6.26 Å². The van der Waals surface area contributed by atoms with E-state index in [-0.39, 0.29) is 37.4 Å². The molecule has 3 rings (SSSR count). The largest absolute Gasteiger partial charge is 0.354 e. The van der Waals surface area contributed by atoms with Crippen LogP contribution in [0, 0.1) is 5.92 Å². The quantitative estimate of drug-likeness (QED) is 0.639. The maximum absolute atomic E-state index is 12.9. The minimum atomic E-state index is -3.61. The number of carbonyl (C=O) groups is 3. The molecule has 2 atom stereocenters. The van der Waals surface area contributed by atoms with E-state index in [4.69, 9.17) is 0 Å². The lowest BCUT2D eigenvalue weighted by Gasteiger charge is -2.41. The normalized spacial score (nSPS) is 27.9. The van der Waals surface area contributed by atoms with E-state index >= 15 is 0 Å². The first kappa shape index (κ1) is 21.0. The first-order valence-electron chi connectivity index (χ1n) is 10.1. The first-order valence-corrected chi connectivity index (χ1v) is 12.0. The highest BCUT2D eigenvalue weighted by atomic mass is 32.2. The topological polar surface area (TPSA) is 116 Å². The molecule has 2 aliphatic heterocycles. The minimum absolute atomic E-state index is 0.0149. The van der Waals surface area contributed by atoms with Crippen LogP contribution in [0.2, 0.25) is 0 Å². The van der Waals surface area contributed by atoms with E-state index in [1.54, 1.807) is 4.90 Å². The highest BCUT2D eigenvalue weighted by Gasteiger charge is 2.41. The lowest BCUT2D eigenvalue weighted by Crippen LogP contribution is -2.63. The van der Waals surface area contributed by atoms with Crippen LogP contribution in [0.4, 0.5) is 0 Å². The Morgan fingerprint density at radius 2 is 1.79 bits per heavy atom. The average molecular weight is 415 g/mol. The van der Waals surface area contributed by atoms with Crippen molar-refractivity contribution in [2.75, 3.05) is 32.4 Å². The summed E-state index contributed by atoms with van der Waals surface area (Å²) in [6, 6.07) is -1.67. The molecule has 0 aromatic carbocycles. The van der Waals surface area contributed by atoms with Crippen LogP contribution in [0.3, 0.4) is 0 Å². The molecule has 3 amide bonds. The van der Waals surface area contributed by atoms with Crippen molar-refractivity contribution < 1.29 is 22.8 Å². The van der Waals surface area contributed by atoms with E-state index in [0.717, 1.165) is 49.1 Å². The summed E-state index contributed by atoms with van der Waals surface area (Å²) in [6.07, 6.45) is 7.24. The third kappa shape index (κ3) is 4.83. The molecule has 0 aromatic heterocycles.